The van der Waals surface area contributed by atoms with Crippen LogP contribution in [0.4, 0.5) is 4.39 Å². The predicted molar refractivity (Wildman–Crippen MR) is 84.0 cm³/mol. The maximum Gasteiger partial charge on any atom is 0.142 e. The topological polar surface area (TPSA) is 35.2 Å². The molecule has 0 bridgehead atoms. The number of rotatable bonds is 5. The molecule has 112 valence electrons. The monoisotopic (exact) mass is 287 g/mol. The van der Waals surface area contributed by atoms with Crippen molar-refractivity contribution in [1.29, 1.82) is 0 Å². The van der Waals surface area contributed by atoms with Crippen molar-refractivity contribution in [1.82, 2.24) is 0 Å². The van der Waals surface area contributed by atoms with Gasteiger partial charge < -0.3 is 10.5 Å². The molecule has 0 aliphatic rings. The smallest absolute Gasteiger partial charge is 0.142 e. The Morgan fingerprint density at radius 3 is 2.29 bits per heavy atom. The molecule has 0 radical (unpaired) electrons. The number of halogens is 1. The summed E-state index contributed by atoms with van der Waals surface area (Å²) < 4.78 is 20.1. The highest BCUT2D eigenvalue weighted by Gasteiger charge is 2.23. The van der Waals surface area contributed by atoms with Crippen LogP contribution in [-0.4, -0.2) is 6.04 Å². The lowest BCUT2D eigenvalue weighted by Gasteiger charge is -2.25. The van der Waals surface area contributed by atoms with Gasteiger partial charge in [-0.1, -0.05) is 31.2 Å². The summed E-state index contributed by atoms with van der Waals surface area (Å²) >= 11 is 0. The average molecular weight is 287 g/mol. The third-order valence-electron chi connectivity index (χ3n) is 3.53. The Balaban J connectivity index is 2.35. The largest absolute Gasteiger partial charge is 0.484 e. The van der Waals surface area contributed by atoms with Crippen LogP contribution in [0.2, 0.25) is 0 Å². The van der Waals surface area contributed by atoms with Crippen molar-refractivity contribution < 1.29 is 9.13 Å². The van der Waals surface area contributed by atoms with Crippen LogP contribution in [0, 0.1) is 19.7 Å². The Morgan fingerprint density at radius 1 is 1.10 bits per heavy atom. The first-order chi connectivity index (χ1) is 10.0. The molecule has 0 spiro atoms. The zero-order chi connectivity index (χ0) is 15.4. The van der Waals surface area contributed by atoms with Crippen molar-refractivity contribution in [3.05, 3.63) is 65.0 Å². The summed E-state index contributed by atoms with van der Waals surface area (Å²) in [5, 5.41) is 0. The van der Waals surface area contributed by atoms with E-state index < -0.39 is 6.10 Å². The van der Waals surface area contributed by atoms with Crippen molar-refractivity contribution in [2.45, 2.75) is 39.3 Å². The maximum absolute atomic E-state index is 14.1. The summed E-state index contributed by atoms with van der Waals surface area (Å²) in [7, 11) is 0. The summed E-state index contributed by atoms with van der Waals surface area (Å²) in [5.41, 5.74) is 8.88. The fraction of sp³-hybridized carbons (Fsp3) is 0.333. The zero-order valence-corrected chi connectivity index (χ0v) is 12.8. The molecule has 0 amide bonds. The van der Waals surface area contributed by atoms with Gasteiger partial charge in [0.25, 0.3) is 0 Å². The van der Waals surface area contributed by atoms with Crippen molar-refractivity contribution in [3.63, 3.8) is 0 Å². The first-order valence-electron chi connectivity index (χ1n) is 7.26. The van der Waals surface area contributed by atoms with Gasteiger partial charge in [-0.2, -0.15) is 0 Å². The number of hydrogen-bond acceptors (Lipinski definition) is 2. The molecule has 21 heavy (non-hydrogen) atoms. The van der Waals surface area contributed by atoms with Crippen LogP contribution in [0.1, 0.15) is 36.1 Å². The Labute approximate surface area is 125 Å². The fourth-order valence-corrected chi connectivity index (χ4v) is 2.45. The van der Waals surface area contributed by atoms with Crippen LogP contribution < -0.4 is 10.5 Å². The van der Waals surface area contributed by atoms with E-state index in [2.05, 4.69) is 6.07 Å². The molecule has 0 aliphatic heterocycles. The molecule has 2 aromatic carbocycles. The van der Waals surface area contributed by atoms with Gasteiger partial charge in [-0.05, 0) is 49.6 Å². The van der Waals surface area contributed by atoms with Gasteiger partial charge in [-0.15, -0.1) is 0 Å². The second-order valence-corrected chi connectivity index (χ2v) is 5.46. The molecular formula is C18H22FNO. The standard InChI is InChI=1S/C18H22FNO/c1-4-17(20)18(15-7-5-6-8-16(15)19)21-14-10-12(2)9-13(3)11-14/h5-11,17-18H,4,20H2,1-3H3. The summed E-state index contributed by atoms with van der Waals surface area (Å²) in [4.78, 5) is 0. The Bertz CT molecular complexity index is 592. The SMILES string of the molecule is CCC(N)C(Oc1cc(C)cc(C)c1)c1ccccc1F. The van der Waals surface area contributed by atoms with Gasteiger partial charge in [0.1, 0.15) is 17.7 Å². The summed E-state index contributed by atoms with van der Waals surface area (Å²) in [6, 6.07) is 12.4. The van der Waals surface area contributed by atoms with E-state index in [1.807, 2.05) is 32.9 Å². The van der Waals surface area contributed by atoms with Crippen LogP contribution in [0.25, 0.3) is 0 Å². The van der Waals surface area contributed by atoms with Gasteiger partial charge in [-0.3, -0.25) is 0 Å². The van der Waals surface area contributed by atoms with E-state index in [4.69, 9.17) is 10.5 Å². The molecule has 2 rings (SSSR count). The Morgan fingerprint density at radius 2 is 1.71 bits per heavy atom. The van der Waals surface area contributed by atoms with E-state index in [9.17, 15) is 4.39 Å². The van der Waals surface area contributed by atoms with Crippen LogP contribution in [0.15, 0.2) is 42.5 Å². The second kappa shape index (κ2) is 6.72. The number of benzene rings is 2. The lowest BCUT2D eigenvalue weighted by molar-refractivity contribution is 0.166. The minimum Gasteiger partial charge on any atom is -0.484 e. The van der Waals surface area contributed by atoms with Gasteiger partial charge in [0.15, 0.2) is 0 Å². The Kier molecular flexibility index (Phi) is 4.97. The molecular weight excluding hydrogens is 265 g/mol. The first kappa shape index (κ1) is 15.5. The van der Waals surface area contributed by atoms with E-state index in [-0.39, 0.29) is 11.9 Å². The number of nitrogens with two attached hydrogens (primary N) is 1. The van der Waals surface area contributed by atoms with E-state index >= 15 is 0 Å². The molecule has 2 unspecified atom stereocenters. The third-order valence-corrected chi connectivity index (χ3v) is 3.53. The van der Waals surface area contributed by atoms with Gasteiger partial charge in [-0.25, -0.2) is 4.39 Å². The van der Waals surface area contributed by atoms with Crippen molar-refractivity contribution in [3.8, 4) is 5.75 Å². The summed E-state index contributed by atoms with van der Waals surface area (Å²) in [6.45, 7) is 6.00. The second-order valence-electron chi connectivity index (χ2n) is 5.46. The molecule has 3 heteroatoms. The van der Waals surface area contributed by atoms with E-state index in [0.717, 1.165) is 16.9 Å². The zero-order valence-electron chi connectivity index (χ0n) is 12.8. The predicted octanol–water partition coefficient (Wildman–Crippen LogP) is 4.30. The average Bonchev–Trinajstić information content (AvgIpc) is 2.44. The van der Waals surface area contributed by atoms with E-state index in [1.54, 1.807) is 18.2 Å². The number of ether oxygens (including phenoxy) is 1. The molecule has 0 aliphatic carbocycles. The molecule has 2 nitrogen and oxygen atoms in total. The van der Waals surface area contributed by atoms with Crippen molar-refractivity contribution in [2.24, 2.45) is 5.73 Å². The molecule has 0 saturated heterocycles. The normalized spacial score (nSPS) is 13.8. The lowest BCUT2D eigenvalue weighted by atomic mass is 10.00. The van der Waals surface area contributed by atoms with Crippen molar-refractivity contribution >= 4 is 0 Å². The fourth-order valence-electron chi connectivity index (χ4n) is 2.45. The summed E-state index contributed by atoms with van der Waals surface area (Å²) in [5.74, 6) is 0.445. The third kappa shape index (κ3) is 3.82. The molecule has 2 atom stereocenters. The Hall–Kier alpha value is -1.87. The minimum atomic E-state index is -0.489. The highest BCUT2D eigenvalue weighted by atomic mass is 19.1. The minimum absolute atomic E-state index is 0.261. The molecule has 0 saturated carbocycles. The number of aryl methyl sites for hydroxylation is 2. The molecule has 0 heterocycles. The van der Waals surface area contributed by atoms with Crippen molar-refractivity contribution in [2.75, 3.05) is 0 Å². The van der Waals surface area contributed by atoms with E-state index in [0.29, 0.717) is 12.0 Å². The van der Waals surface area contributed by atoms with Gasteiger partial charge in [0, 0.05) is 11.6 Å². The molecule has 2 N–H and O–H groups in total. The highest BCUT2D eigenvalue weighted by Crippen LogP contribution is 2.28. The van der Waals surface area contributed by atoms with Crippen LogP contribution >= 0.6 is 0 Å². The molecule has 0 fully saturated rings. The summed E-state index contributed by atoms with van der Waals surface area (Å²) in [6.07, 6.45) is 0.224. The molecule has 0 aromatic heterocycles. The first-order valence-corrected chi connectivity index (χ1v) is 7.26. The van der Waals surface area contributed by atoms with Crippen LogP contribution in [0.5, 0.6) is 5.75 Å². The van der Waals surface area contributed by atoms with E-state index in [1.165, 1.54) is 6.07 Å². The van der Waals surface area contributed by atoms with Crippen LogP contribution in [0.3, 0.4) is 0 Å². The number of hydrogen-bond donors (Lipinski definition) is 1. The lowest BCUT2D eigenvalue weighted by Crippen LogP contribution is -2.32. The maximum atomic E-state index is 14.1. The van der Waals surface area contributed by atoms with Gasteiger partial charge in [0.2, 0.25) is 0 Å². The van der Waals surface area contributed by atoms with Gasteiger partial charge in [0.05, 0.1) is 0 Å². The highest BCUT2D eigenvalue weighted by molar-refractivity contribution is 5.34. The van der Waals surface area contributed by atoms with Crippen LogP contribution in [-0.2, 0) is 0 Å². The van der Waals surface area contributed by atoms with Gasteiger partial charge >= 0.3 is 0 Å². The molecule has 2 aromatic rings. The quantitative estimate of drug-likeness (QED) is 0.890.